The molecule has 0 fully saturated rings. The quantitative estimate of drug-likeness (QED) is 0.776. The predicted octanol–water partition coefficient (Wildman–Crippen LogP) is 2.44. The minimum Gasteiger partial charge on any atom is -0.383 e. The molecule has 0 bridgehead atoms. The number of sulfonamides is 1. The van der Waals surface area contributed by atoms with Crippen molar-refractivity contribution in [1.82, 2.24) is 4.90 Å². The van der Waals surface area contributed by atoms with Crippen LogP contribution in [0.4, 0.5) is 0 Å². The first-order chi connectivity index (χ1) is 11.1. The van der Waals surface area contributed by atoms with Gasteiger partial charge in [-0.25, -0.2) is 0 Å². The Balaban J connectivity index is 1.89. The van der Waals surface area contributed by atoms with E-state index in [1.807, 2.05) is 12.1 Å². The molecule has 0 radical (unpaired) electrons. The lowest BCUT2D eigenvalue weighted by Gasteiger charge is -2.29. The summed E-state index contributed by atoms with van der Waals surface area (Å²) in [5, 5.41) is 0. The fourth-order valence-electron chi connectivity index (χ4n) is 3.14. The number of rotatable bonds is 5. The Hall–Kier alpha value is -1.66. The monoisotopic (exact) mass is 334 g/mol. The van der Waals surface area contributed by atoms with Crippen LogP contribution in [0.1, 0.15) is 24.8 Å². The number of hydrogen-bond donors (Lipinski definition) is 0. The summed E-state index contributed by atoms with van der Waals surface area (Å²) >= 11 is 0. The molecule has 1 aliphatic heterocycles. The molecule has 1 heterocycles. The van der Waals surface area contributed by atoms with Gasteiger partial charge in [0.25, 0.3) is 10.0 Å². The molecule has 5 nitrogen and oxygen atoms in total. The third kappa shape index (κ3) is 3.48. The van der Waals surface area contributed by atoms with Crippen molar-refractivity contribution in [1.29, 1.82) is 0 Å². The Morgan fingerprint density at radius 3 is 2.87 bits per heavy atom. The lowest BCUT2D eigenvalue weighted by atomic mass is 9.93. The average Bonchev–Trinajstić information content (AvgIpc) is 2.84. The molecular weight excluding hydrogens is 312 g/mol. The largest absolute Gasteiger partial charge is 0.383 e. The van der Waals surface area contributed by atoms with Gasteiger partial charge >= 0.3 is 0 Å². The first kappa shape index (κ1) is 16.2. The summed E-state index contributed by atoms with van der Waals surface area (Å²) in [5.41, 5.74) is 0.704. The number of nitrogens with zero attached hydrogens (tertiary/aromatic N) is 2. The highest BCUT2D eigenvalue weighted by atomic mass is 32.2. The first-order valence-corrected chi connectivity index (χ1v) is 9.39. The fourth-order valence-corrected chi connectivity index (χ4v) is 4.36. The van der Waals surface area contributed by atoms with E-state index in [1.54, 1.807) is 19.2 Å². The van der Waals surface area contributed by atoms with Crippen molar-refractivity contribution in [3.63, 3.8) is 0 Å². The standard InChI is InChI=1S/C17H22N2O3S/c1-22-12-11-19(13-14-7-3-2-4-8-14)17-15-9-5-6-10-16(15)23(20,21)18-17/h2-3,5-6,9-10,14H,4,7-8,11-13H2,1H3. The van der Waals surface area contributed by atoms with E-state index >= 15 is 0 Å². The number of benzene rings is 1. The van der Waals surface area contributed by atoms with E-state index in [4.69, 9.17) is 4.74 Å². The number of ether oxygens (including phenoxy) is 1. The van der Waals surface area contributed by atoms with Gasteiger partial charge in [0.05, 0.1) is 6.61 Å². The predicted molar refractivity (Wildman–Crippen MR) is 90.1 cm³/mol. The molecule has 23 heavy (non-hydrogen) atoms. The van der Waals surface area contributed by atoms with E-state index in [-0.39, 0.29) is 0 Å². The van der Waals surface area contributed by atoms with Gasteiger partial charge in [-0.05, 0) is 37.3 Å². The van der Waals surface area contributed by atoms with Crippen LogP contribution in [0.2, 0.25) is 0 Å². The zero-order valence-corrected chi connectivity index (χ0v) is 14.1. The number of amidine groups is 1. The fraction of sp³-hybridized carbons (Fsp3) is 0.471. The van der Waals surface area contributed by atoms with Crippen molar-refractivity contribution >= 4 is 15.9 Å². The second kappa shape index (κ2) is 6.84. The van der Waals surface area contributed by atoms with Gasteiger partial charge in [-0.15, -0.1) is 4.40 Å². The second-order valence-corrected chi connectivity index (χ2v) is 7.55. The van der Waals surface area contributed by atoms with Crippen LogP contribution in [0, 0.1) is 5.92 Å². The highest BCUT2D eigenvalue weighted by molar-refractivity contribution is 7.90. The first-order valence-electron chi connectivity index (χ1n) is 7.95. The lowest BCUT2D eigenvalue weighted by molar-refractivity contribution is 0.169. The van der Waals surface area contributed by atoms with Gasteiger partial charge in [0.15, 0.2) is 5.84 Å². The summed E-state index contributed by atoms with van der Waals surface area (Å²) in [4.78, 5) is 2.37. The Morgan fingerprint density at radius 1 is 1.30 bits per heavy atom. The molecule has 1 aliphatic carbocycles. The summed E-state index contributed by atoms with van der Waals surface area (Å²) < 4.78 is 33.8. The molecule has 2 aliphatic rings. The van der Waals surface area contributed by atoms with E-state index in [2.05, 4.69) is 21.4 Å². The molecule has 3 rings (SSSR count). The molecule has 1 aromatic rings. The van der Waals surface area contributed by atoms with Gasteiger partial charge in [-0.2, -0.15) is 8.42 Å². The Kier molecular flexibility index (Phi) is 4.82. The molecule has 0 spiro atoms. The third-order valence-electron chi connectivity index (χ3n) is 4.33. The Morgan fingerprint density at radius 2 is 2.13 bits per heavy atom. The van der Waals surface area contributed by atoms with E-state index in [9.17, 15) is 8.42 Å². The second-order valence-electron chi connectivity index (χ2n) is 5.98. The molecule has 1 unspecified atom stereocenters. The van der Waals surface area contributed by atoms with E-state index < -0.39 is 10.0 Å². The highest BCUT2D eigenvalue weighted by Gasteiger charge is 2.32. The molecule has 0 amide bonds. The maximum Gasteiger partial charge on any atom is 0.285 e. The van der Waals surface area contributed by atoms with Gasteiger partial charge in [0.2, 0.25) is 0 Å². The van der Waals surface area contributed by atoms with E-state index in [0.29, 0.717) is 35.4 Å². The van der Waals surface area contributed by atoms with Crippen molar-refractivity contribution in [2.75, 3.05) is 26.8 Å². The van der Waals surface area contributed by atoms with Crippen molar-refractivity contribution < 1.29 is 13.2 Å². The van der Waals surface area contributed by atoms with Crippen molar-refractivity contribution in [3.8, 4) is 0 Å². The third-order valence-corrected chi connectivity index (χ3v) is 5.66. The molecule has 6 heteroatoms. The zero-order chi connectivity index (χ0) is 16.3. The van der Waals surface area contributed by atoms with Gasteiger partial charge in [-0.3, -0.25) is 0 Å². The van der Waals surface area contributed by atoms with Crippen LogP contribution in [0.5, 0.6) is 0 Å². The van der Waals surface area contributed by atoms with E-state index in [0.717, 1.165) is 25.8 Å². The molecule has 124 valence electrons. The summed E-state index contributed by atoms with van der Waals surface area (Å²) in [6, 6.07) is 7.05. The molecule has 1 aromatic carbocycles. The minimum absolute atomic E-state index is 0.306. The van der Waals surface area contributed by atoms with Crippen LogP contribution in [-0.2, 0) is 14.8 Å². The Bertz CT molecular complexity index is 725. The number of methoxy groups -OCH3 is 1. The molecule has 0 saturated heterocycles. The normalized spacial score (nSPS) is 21.8. The highest BCUT2D eigenvalue weighted by Crippen LogP contribution is 2.29. The van der Waals surface area contributed by atoms with Gasteiger partial charge in [0, 0.05) is 25.8 Å². The number of hydrogen-bond acceptors (Lipinski definition) is 4. The van der Waals surface area contributed by atoms with Crippen LogP contribution in [0.15, 0.2) is 45.7 Å². The molecule has 1 atom stereocenters. The van der Waals surface area contributed by atoms with Crippen LogP contribution in [0.25, 0.3) is 0 Å². The molecule has 0 saturated carbocycles. The number of allylic oxidation sites excluding steroid dienone is 2. The van der Waals surface area contributed by atoms with Crippen LogP contribution in [0.3, 0.4) is 0 Å². The summed E-state index contributed by atoms with van der Waals surface area (Å²) in [5.74, 6) is 1.09. The molecule has 0 aromatic heterocycles. The van der Waals surface area contributed by atoms with Crippen LogP contribution in [-0.4, -0.2) is 46.0 Å². The average molecular weight is 334 g/mol. The summed E-state index contributed by atoms with van der Waals surface area (Å²) in [6.45, 7) is 1.99. The van der Waals surface area contributed by atoms with Crippen molar-refractivity contribution in [3.05, 3.63) is 42.0 Å². The van der Waals surface area contributed by atoms with Crippen molar-refractivity contribution in [2.45, 2.75) is 24.2 Å². The van der Waals surface area contributed by atoms with Crippen LogP contribution < -0.4 is 0 Å². The van der Waals surface area contributed by atoms with Gasteiger partial charge < -0.3 is 9.64 Å². The van der Waals surface area contributed by atoms with Crippen LogP contribution >= 0.6 is 0 Å². The lowest BCUT2D eigenvalue weighted by Crippen LogP contribution is -2.38. The summed E-state index contributed by atoms with van der Waals surface area (Å²) in [7, 11) is -1.92. The SMILES string of the molecule is COCCN(CC1CC=CCC1)C1=NS(=O)(=O)c2ccccc21. The van der Waals surface area contributed by atoms with Gasteiger partial charge in [-0.1, -0.05) is 24.3 Å². The molecule has 0 N–H and O–H groups in total. The van der Waals surface area contributed by atoms with Gasteiger partial charge in [0.1, 0.15) is 4.90 Å². The minimum atomic E-state index is -3.57. The maximum absolute atomic E-state index is 12.3. The Labute approximate surface area is 137 Å². The van der Waals surface area contributed by atoms with E-state index in [1.165, 1.54) is 0 Å². The maximum atomic E-state index is 12.3. The van der Waals surface area contributed by atoms with Crippen molar-refractivity contribution in [2.24, 2.45) is 10.3 Å². The smallest absolute Gasteiger partial charge is 0.285 e. The zero-order valence-electron chi connectivity index (χ0n) is 13.3. The summed E-state index contributed by atoms with van der Waals surface area (Å²) in [6.07, 6.45) is 7.67. The molecular formula is C17H22N2O3S. The number of fused-ring (bicyclic) bond motifs is 1. The topological polar surface area (TPSA) is 59.0 Å².